The van der Waals surface area contributed by atoms with Gasteiger partial charge in [-0.2, -0.15) is 0 Å². The van der Waals surface area contributed by atoms with Crippen LogP contribution in [0, 0.1) is 10.1 Å². The Balaban J connectivity index is 2.88. The smallest absolute Gasteiger partial charge is 0.293 e. The molecule has 5 nitrogen and oxygen atoms in total. The predicted molar refractivity (Wildman–Crippen MR) is 45.4 cm³/mol. The van der Waals surface area contributed by atoms with Crippen molar-refractivity contribution in [2.45, 2.75) is 6.17 Å². The van der Waals surface area contributed by atoms with Crippen LogP contribution in [0.1, 0.15) is 11.7 Å². The molecule has 1 amide bonds. The molecule has 1 aromatic rings. The monoisotopic (exact) mass is 180 g/mol. The van der Waals surface area contributed by atoms with Gasteiger partial charge in [0.1, 0.15) is 0 Å². The van der Waals surface area contributed by atoms with Crippen LogP contribution in [0.3, 0.4) is 0 Å². The minimum absolute atomic E-state index is 0.320. The molecule has 13 heavy (non-hydrogen) atoms. The molecule has 5 heteroatoms. The highest BCUT2D eigenvalue weighted by atomic mass is 16.6. The van der Waals surface area contributed by atoms with E-state index in [4.69, 9.17) is 0 Å². The third-order valence-electron chi connectivity index (χ3n) is 1.55. The molecular formula is C8H8N2O3. The second-order valence-electron chi connectivity index (χ2n) is 2.38. The fourth-order valence-electron chi connectivity index (χ4n) is 0.979. The molecule has 0 saturated carbocycles. The lowest BCUT2D eigenvalue weighted by atomic mass is 10.2. The van der Waals surface area contributed by atoms with E-state index in [2.05, 4.69) is 5.32 Å². The van der Waals surface area contributed by atoms with Gasteiger partial charge in [-0.15, -0.1) is 0 Å². The van der Waals surface area contributed by atoms with E-state index < -0.39 is 11.1 Å². The van der Waals surface area contributed by atoms with Crippen LogP contribution in [0.2, 0.25) is 0 Å². The maximum atomic E-state index is 10.5. The first-order valence-corrected chi connectivity index (χ1v) is 3.64. The third-order valence-corrected chi connectivity index (χ3v) is 1.55. The Hall–Kier alpha value is -1.91. The lowest BCUT2D eigenvalue weighted by Crippen LogP contribution is -2.26. The number of nitrogens with one attached hydrogen (secondary N) is 1. The molecule has 0 aliphatic heterocycles. The maximum Gasteiger partial charge on any atom is 0.312 e. The Bertz CT molecular complexity index is 300. The highest BCUT2D eigenvalue weighted by Crippen LogP contribution is 2.11. The average Bonchev–Trinajstić information content (AvgIpc) is 2.15. The highest BCUT2D eigenvalue weighted by molar-refractivity contribution is 5.47. The number of hydrogen-bond acceptors (Lipinski definition) is 3. The largest absolute Gasteiger partial charge is 0.312 e. The molecular weight excluding hydrogens is 172 g/mol. The van der Waals surface area contributed by atoms with Crippen molar-refractivity contribution in [1.29, 1.82) is 0 Å². The fraction of sp³-hybridized carbons (Fsp3) is 0.125. The second kappa shape index (κ2) is 4.20. The molecule has 0 saturated heterocycles. The lowest BCUT2D eigenvalue weighted by molar-refractivity contribution is -0.533. The number of rotatable bonds is 4. The van der Waals surface area contributed by atoms with Crippen molar-refractivity contribution in [1.82, 2.24) is 5.32 Å². The SMILES string of the molecule is O=CNC(c1ccccc1)[N+](=O)[O-]. The molecule has 1 N–H and O–H groups in total. The van der Waals surface area contributed by atoms with E-state index >= 15 is 0 Å². The molecule has 1 unspecified atom stereocenters. The van der Waals surface area contributed by atoms with Gasteiger partial charge in [0.05, 0.1) is 4.92 Å². The molecule has 0 fully saturated rings. The summed E-state index contributed by atoms with van der Waals surface area (Å²) < 4.78 is 0. The van der Waals surface area contributed by atoms with Gasteiger partial charge < -0.3 is 0 Å². The van der Waals surface area contributed by atoms with Crippen molar-refractivity contribution in [2.24, 2.45) is 0 Å². The standard InChI is InChI=1S/C8H8N2O3/c11-6-9-8(10(12)13)7-4-2-1-3-5-7/h1-6,8H,(H,9,11). The topological polar surface area (TPSA) is 72.2 Å². The van der Waals surface area contributed by atoms with Gasteiger partial charge in [-0.25, -0.2) is 0 Å². The highest BCUT2D eigenvalue weighted by Gasteiger charge is 2.20. The van der Waals surface area contributed by atoms with E-state index in [1.54, 1.807) is 30.3 Å². The summed E-state index contributed by atoms with van der Waals surface area (Å²) in [4.78, 5) is 20.0. The van der Waals surface area contributed by atoms with Gasteiger partial charge in [-0.05, 0) is 0 Å². The molecule has 0 bridgehead atoms. The number of nitrogens with zero attached hydrogens (tertiary/aromatic N) is 1. The summed E-state index contributed by atoms with van der Waals surface area (Å²) in [7, 11) is 0. The van der Waals surface area contributed by atoms with Gasteiger partial charge in [-0.3, -0.25) is 20.2 Å². The van der Waals surface area contributed by atoms with Crippen LogP contribution < -0.4 is 5.32 Å². The molecule has 1 rings (SSSR count). The molecule has 0 spiro atoms. The van der Waals surface area contributed by atoms with Crippen LogP contribution in [0.15, 0.2) is 30.3 Å². The van der Waals surface area contributed by atoms with E-state index in [1.165, 1.54) is 0 Å². The quantitative estimate of drug-likeness (QED) is 0.321. The fourth-order valence-corrected chi connectivity index (χ4v) is 0.979. The van der Waals surface area contributed by atoms with Crippen LogP contribution in [-0.2, 0) is 4.79 Å². The second-order valence-corrected chi connectivity index (χ2v) is 2.38. The molecule has 0 aromatic heterocycles. The Morgan fingerprint density at radius 3 is 2.46 bits per heavy atom. The first-order valence-electron chi connectivity index (χ1n) is 3.64. The van der Waals surface area contributed by atoms with Gasteiger partial charge in [0.15, 0.2) is 0 Å². The van der Waals surface area contributed by atoms with E-state index in [-0.39, 0.29) is 0 Å². The van der Waals surface area contributed by atoms with Crippen molar-refractivity contribution in [2.75, 3.05) is 0 Å². The van der Waals surface area contributed by atoms with Crippen LogP contribution in [0.5, 0.6) is 0 Å². The number of carbonyl (C=O) groups is 1. The number of carbonyl (C=O) groups excluding carboxylic acids is 1. The Morgan fingerprint density at radius 1 is 1.38 bits per heavy atom. The number of hydrogen-bond donors (Lipinski definition) is 1. The Labute approximate surface area is 74.5 Å². The first-order chi connectivity index (χ1) is 6.25. The van der Waals surface area contributed by atoms with Crippen LogP contribution in [0.25, 0.3) is 0 Å². The van der Waals surface area contributed by atoms with Crippen LogP contribution >= 0.6 is 0 Å². The number of benzene rings is 1. The number of amides is 1. The van der Waals surface area contributed by atoms with Crippen LogP contribution in [0.4, 0.5) is 0 Å². The zero-order chi connectivity index (χ0) is 9.68. The summed E-state index contributed by atoms with van der Waals surface area (Å²) in [5.74, 6) is 0. The molecule has 0 heterocycles. The molecule has 1 atom stereocenters. The molecule has 0 radical (unpaired) electrons. The van der Waals surface area contributed by atoms with Crippen molar-refractivity contribution in [3.8, 4) is 0 Å². The normalized spacial score (nSPS) is 11.7. The summed E-state index contributed by atoms with van der Waals surface area (Å²) >= 11 is 0. The molecule has 0 aliphatic carbocycles. The lowest BCUT2D eigenvalue weighted by Gasteiger charge is -2.06. The maximum absolute atomic E-state index is 10.5. The molecule has 0 aliphatic rings. The van der Waals surface area contributed by atoms with Gasteiger partial charge in [0, 0.05) is 5.56 Å². The Kier molecular flexibility index (Phi) is 2.97. The van der Waals surface area contributed by atoms with E-state index in [0.717, 1.165) is 0 Å². The van der Waals surface area contributed by atoms with Crippen molar-refractivity contribution in [3.63, 3.8) is 0 Å². The zero-order valence-electron chi connectivity index (χ0n) is 6.71. The van der Waals surface area contributed by atoms with Crippen LogP contribution in [-0.4, -0.2) is 11.3 Å². The van der Waals surface area contributed by atoms with Crippen molar-refractivity contribution < 1.29 is 9.72 Å². The minimum atomic E-state index is -1.15. The van der Waals surface area contributed by atoms with Crippen molar-refractivity contribution in [3.05, 3.63) is 46.0 Å². The van der Waals surface area contributed by atoms with Gasteiger partial charge >= 0.3 is 6.17 Å². The summed E-state index contributed by atoms with van der Waals surface area (Å²) in [6.45, 7) is 0. The summed E-state index contributed by atoms with van der Waals surface area (Å²) in [5.41, 5.74) is 0.458. The average molecular weight is 180 g/mol. The van der Waals surface area contributed by atoms with E-state index in [1.807, 2.05) is 0 Å². The minimum Gasteiger partial charge on any atom is -0.293 e. The van der Waals surface area contributed by atoms with Gasteiger partial charge in [0.2, 0.25) is 6.41 Å². The first kappa shape index (κ1) is 9.18. The summed E-state index contributed by atoms with van der Waals surface area (Å²) in [6, 6.07) is 8.28. The third kappa shape index (κ3) is 2.26. The molecule has 1 aromatic carbocycles. The number of nitro groups is 1. The van der Waals surface area contributed by atoms with E-state index in [9.17, 15) is 14.9 Å². The van der Waals surface area contributed by atoms with E-state index in [0.29, 0.717) is 12.0 Å². The molecule has 68 valence electrons. The predicted octanol–water partition coefficient (Wildman–Crippen LogP) is 0.708. The van der Waals surface area contributed by atoms with Gasteiger partial charge in [-0.1, -0.05) is 30.3 Å². The zero-order valence-corrected chi connectivity index (χ0v) is 6.71. The van der Waals surface area contributed by atoms with Gasteiger partial charge in [0.25, 0.3) is 0 Å². The summed E-state index contributed by atoms with van der Waals surface area (Å²) in [6.07, 6.45) is -0.834. The van der Waals surface area contributed by atoms with Crippen molar-refractivity contribution >= 4 is 6.41 Å². The summed E-state index contributed by atoms with van der Waals surface area (Å²) in [5, 5.41) is 12.6. The Morgan fingerprint density at radius 2 is 2.00 bits per heavy atom.